The van der Waals surface area contributed by atoms with Crippen LogP contribution < -0.4 is 15.2 Å². The van der Waals surface area contributed by atoms with Crippen LogP contribution in [0.25, 0.3) is 0 Å². The van der Waals surface area contributed by atoms with E-state index in [9.17, 15) is 0 Å². The molecule has 1 heterocycles. The molecule has 98 valence electrons. The highest BCUT2D eigenvalue weighted by Crippen LogP contribution is 2.55. The standard InChI is InChI=1S/C14H18BrNO2/c1-8(2)11-9(14(6-16)3-4-14)5-10(15)12-13(11)18-7-17-12/h5,8H,3-4,6-7,16H2,1-2H3. The van der Waals surface area contributed by atoms with Gasteiger partial charge in [-0.2, -0.15) is 0 Å². The van der Waals surface area contributed by atoms with Crippen LogP contribution in [0.2, 0.25) is 0 Å². The minimum absolute atomic E-state index is 0.170. The molecule has 1 aliphatic carbocycles. The molecule has 0 saturated heterocycles. The van der Waals surface area contributed by atoms with Gasteiger partial charge in [-0.3, -0.25) is 0 Å². The van der Waals surface area contributed by atoms with Crippen LogP contribution in [0.3, 0.4) is 0 Å². The molecule has 0 aromatic heterocycles. The van der Waals surface area contributed by atoms with Crippen LogP contribution in [0.1, 0.15) is 43.7 Å². The number of hydrogen-bond donors (Lipinski definition) is 1. The largest absolute Gasteiger partial charge is 0.453 e. The molecule has 1 saturated carbocycles. The van der Waals surface area contributed by atoms with Gasteiger partial charge < -0.3 is 15.2 Å². The Bertz CT molecular complexity index is 495. The predicted octanol–water partition coefficient (Wildman–Crippen LogP) is 3.29. The summed E-state index contributed by atoms with van der Waals surface area (Å²) >= 11 is 3.59. The first-order chi connectivity index (χ1) is 8.59. The molecule has 1 aromatic carbocycles. The van der Waals surface area contributed by atoms with Gasteiger partial charge in [-0.1, -0.05) is 13.8 Å². The van der Waals surface area contributed by atoms with Gasteiger partial charge in [0.1, 0.15) is 0 Å². The molecule has 1 aromatic rings. The highest BCUT2D eigenvalue weighted by Gasteiger charge is 2.46. The monoisotopic (exact) mass is 311 g/mol. The van der Waals surface area contributed by atoms with Gasteiger partial charge in [-0.15, -0.1) is 0 Å². The van der Waals surface area contributed by atoms with E-state index in [0.29, 0.717) is 19.3 Å². The van der Waals surface area contributed by atoms with Gasteiger partial charge in [-0.05, 0) is 46.3 Å². The highest BCUT2D eigenvalue weighted by molar-refractivity contribution is 9.10. The van der Waals surface area contributed by atoms with Gasteiger partial charge in [0.05, 0.1) is 4.47 Å². The molecule has 4 heteroatoms. The highest BCUT2D eigenvalue weighted by atomic mass is 79.9. The van der Waals surface area contributed by atoms with Crippen molar-refractivity contribution in [2.45, 2.75) is 38.0 Å². The quantitative estimate of drug-likeness (QED) is 0.931. The zero-order valence-corrected chi connectivity index (χ0v) is 12.3. The van der Waals surface area contributed by atoms with E-state index in [4.69, 9.17) is 15.2 Å². The number of benzene rings is 1. The summed E-state index contributed by atoms with van der Waals surface area (Å²) < 4.78 is 12.2. The topological polar surface area (TPSA) is 44.5 Å². The average molecular weight is 312 g/mol. The first kappa shape index (κ1) is 12.3. The Labute approximate surface area is 116 Å². The first-order valence-corrected chi connectivity index (χ1v) is 7.21. The summed E-state index contributed by atoms with van der Waals surface area (Å²) in [6, 6.07) is 2.18. The Morgan fingerprint density at radius 3 is 2.56 bits per heavy atom. The van der Waals surface area contributed by atoms with Crippen molar-refractivity contribution in [3.05, 3.63) is 21.7 Å². The Kier molecular flexibility index (Phi) is 2.83. The van der Waals surface area contributed by atoms with E-state index >= 15 is 0 Å². The second-order valence-electron chi connectivity index (χ2n) is 5.52. The third-order valence-electron chi connectivity index (χ3n) is 4.03. The molecular formula is C14H18BrNO2. The molecule has 0 radical (unpaired) electrons. The summed E-state index contributed by atoms with van der Waals surface area (Å²) in [7, 11) is 0. The maximum atomic E-state index is 5.98. The van der Waals surface area contributed by atoms with Gasteiger partial charge in [0, 0.05) is 17.5 Å². The molecular weight excluding hydrogens is 294 g/mol. The van der Waals surface area contributed by atoms with Crippen LogP contribution in [0, 0.1) is 0 Å². The SMILES string of the molecule is CC(C)c1c(C2(CN)CC2)cc(Br)c2c1OCO2. The van der Waals surface area contributed by atoms with Crippen molar-refractivity contribution in [2.24, 2.45) is 5.73 Å². The lowest BCUT2D eigenvalue weighted by molar-refractivity contribution is 0.172. The maximum absolute atomic E-state index is 5.98. The minimum Gasteiger partial charge on any atom is -0.453 e. The van der Waals surface area contributed by atoms with Crippen molar-refractivity contribution in [2.75, 3.05) is 13.3 Å². The Morgan fingerprint density at radius 2 is 2.00 bits per heavy atom. The van der Waals surface area contributed by atoms with E-state index in [1.807, 2.05) is 0 Å². The summed E-state index contributed by atoms with van der Waals surface area (Å²) in [5, 5.41) is 0. The van der Waals surface area contributed by atoms with Crippen molar-refractivity contribution < 1.29 is 9.47 Å². The van der Waals surface area contributed by atoms with E-state index in [1.54, 1.807) is 0 Å². The smallest absolute Gasteiger partial charge is 0.231 e. The zero-order valence-electron chi connectivity index (χ0n) is 10.8. The molecule has 18 heavy (non-hydrogen) atoms. The van der Waals surface area contributed by atoms with Crippen molar-refractivity contribution in [3.63, 3.8) is 0 Å². The number of halogens is 1. The lowest BCUT2D eigenvalue weighted by Crippen LogP contribution is -2.22. The van der Waals surface area contributed by atoms with Crippen LogP contribution in [0.4, 0.5) is 0 Å². The molecule has 0 amide bonds. The normalized spacial score (nSPS) is 19.4. The molecule has 0 unspecified atom stereocenters. The number of ether oxygens (including phenoxy) is 2. The van der Waals surface area contributed by atoms with E-state index in [2.05, 4.69) is 35.8 Å². The minimum atomic E-state index is 0.170. The fourth-order valence-corrected chi connectivity index (χ4v) is 3.32. The van der Waals surface area contributed by atoms with Crippen LogP contribution >= 0.6 is 15.9 Å². The van der Waals surface area contributed by atoms with Crippen LogP contribution in [-0.2, 0) is 5.41 Å². The third kappa shape index (κ3) is 1.66. The van der Waals surface area contributed by atoms with Crippen molar-refractivity contribution in [1.82, 2.24) is 0 Å². The fourth-order valence-electron chi connectivity index (χ4n) is 2.79. The maximum Gasteiger partial charge on any atom is 0.231 e. The summed E-state index contributed by atoms with van der Waals surface area (Å²) in [5.41, 5.74) is 8.76. The number of hydrogen-bond acceptors (Lipinski definition) is 3. The average Bonchev–Trinajstić information content (AvgIpc) is 2.98. The van der Waals surface area contributed by atoms with Gasteiger partial charge >= 0.3 is 0 Å². The van der Waals surface area contributed by atoms with Gasteiger partial charge in [0.2, 0.25) is 6.79 Å². The third-order valence-corrected chi connectivity index (χ3v) is 4.62. The Morgan fingerprint density at radius 1 is 1.33 bits per heavy atom. The molecule has 3 rings (SSSR count). The Balaban J connectivity index is 2.22. The summed E-state index contributed by atoms with van der Waals surface area (Å²) in [6.45, 7) is 5.41. The lowest BCUT2D eigenvalue weighted by Gasteiger charge is -2.22. The van der Waals surface area contributed by atoms with Gasteiger partial charge in [0.15, 0.2) is 11.5 Å². The predicted molar refractivity (Wildman–Crippen MR) is 74.3 cm³/mol. The summed E-state index contributed by atoms with van der Waals surface area (Å²) in [5.74, 6) is 2.16. The molecule has 1 fully saturated rings. The summed E-state index contributed by atoms with van der Waals surface area (Å²) in [4.78, 5) is 0. The van der Waals surface area contributed by atoms with Crippen molar-refractivity contribution in [1.29, 1.82) is 0 Å². The number of fused-ring (bicyclic) bond motifs is 1. The van der Waals surface area contributed by atoms with E-state index in [1.165, 1.54) is 24.0 Å². The molecule has 0 atom stereocenters. The summed E-state index contributed by atoms with van der Waals surface area (Å²) in [6.07, 6.45) is 2.35. The van der Waals surface area contributed by atoms with Crippen LogP contribution in [0.15, 0.2) is 10.5 Å². The van der Waals surface area contributed by atoms with Crippen LogP contribution in [-0.4, -0.2) is 13.3 Å². The zero-order chi connectivity index (χ0) is 12.9. The second kappa shape index (κ2) is 4.14. The van der Waals surface area contributed by atoms with Crippen molar-refractivity contribution in [3.8, 4) is 11.5 Å². The number of nitrogens with two attached hydrogens (primary N) is 1. The van der Waals surface area contributed by atoms with Gasteiger partial charge in [-0.25, -0.2) is 0 Å². The Hall–Kier alpha value is -0.740. The van der Waals surface area contributed by atoms with Gasteiger partial charge in [0.25, 0.3) is 0 Å². The first-order valence-electron chi connectivity index (χ1n) is 6.41. The van der Waals surface area contributed by atoms with E-state index < -0.39 is 0 Å². The van der Waals surface area contributed by atoms with E-state index in [0.717, 1.165) is 16.0 Å². The molecule has 1 aliphatic heterocycles. The lowest BCUT2D eigenvalue weighted by atomic mass is 9.85. The molecule has 2 aliphatic rings. The molecule has 0 bridgehead atoms. The molecule has 2 N–H and O–H groups in total. The second-order valence-corrected chi connectivity index (χ2v) is 6.38. The fraction of sp³-hybridized carbons (Fsp3) is 0.571. The van der Waals surface area contributed by atoms with Crippen LogP contribution in [0.5, 0.6) is 11.5 Å². The van der Waals surface area contributed by atoms with E-state index in [-0.39, 0.29) is 5.41 Å². The molecule has 3 nitrogen and oxygen atoms in total. The molecule has 0 spiro atoms. The number of rotatable bonds is 3. The van der Waals surface area contributed by atoms with Crippen molar-refractivity contribution >= 4 is 15.9 Å².